The zero-order valence-corrected chi connectivity index (χ0v) is 9.68. The van der Waals surface area contributed by atoms with E-state index >= 15 is 0 Å². The van der Waals surface area contributed by atoms with Crippen LogP contribution in [0, 0.1) is 18.8 Å². The van der Waals surface area contributed by atoms with Gasteiger partial charge in [0, 0.05) is 10.9 Å². The van der Waals surface area contributed by atoms with E-state index in [2.05, 4.69) is 17.4 Å². The molecule has 1 fully saturated rings. The van der Waals surface area contributed by atoms with Crippen molar-refractivity contribution in [3.05, 3.63) is 16.6 Å². The summed E-state index contributed by atoms with van der Waals surface area (Å²) in [6.07, 6.45) is 4.13. The molecule has 0 saturated heterocycles. The van der Waals surface area contributed by atoms with Gasteiger partial charge in [-0.3, -0.25) is 0 Å². The Labute approximate surface area is 89.7 Å². The number of aromatic nitrogens is 1. The van der Waals surface area contributed by atoms with Gasteiger partial charge in [-0.1, -0.05) is 26.2 Å². The highest BCUT2D eigenvalue weighted by molar-refractivity contribution is 7.05. The quantitative estimate of drug-likeness (QED) is 0.833. The summed E-state index contributed by atoms with van der Waals surface area (Å²) in [7, 11) is 0. The number of nitrogens with zero attached hydrogens (tertiary/aromatic N) is 1. The smallest absolute Gasteiger partial charge is 0.0514 e. The normalized spacial score (nSPS) is 21.6. The maximum Gasteiger partial charge on any atom is 0.0514 e. The maximum atomic E-state index is 6.23. The minimum Gasteiger partial charge on any atom is -0.323 e. The number of hydrogen-bond acceptors (Lipinski definition) is 3. The highest BCUT2D eigenvalue weighted by atomic mass is 32.1. The monoisotopic (exact) mass is 210 g/mol. The van der Waals surface area contributed by atoms with Gasteiger partial charge in [0.2, 0.25) is 0 Å². The molecule has 78 valence electrons. The summed E-state index contributed by atoms with van der Waals surface area (Å²) in [5.41, 5.74) is 7.33. The Balaban J connectivity index is 2.03. The first kappa shape index (κ1) is 10.1. The molecule has 1 heterocycles. The second kappa shape index (κ2) is 3.99. The minimum absolute atomic E-state index is 0.200. The van der Waals surface area contributed by atoms with Crippen molar-refractivity contribution in [1.82, 2.24) is 4.37 Å². The lowest BCUT2D eigenvalue weighted by molar-refractivity contribution is 0.195. The van der Waals surface area contributed by atoms with E-state index in [9.17, 15) is 0 Å². The lowest BCUT2D eigenvalue weighted by Crippen LogP contribution is -2.29. The van der Waals surface area contributed by atoms with Crippen molar-refractivity contribution < 1.29 is 0 Å². The van der Waals surface area contributed by atoms with Crippen LogP contribution in [0.3, 0.4) is 0 Å². The molecular weight excluding hydrogens is 192 g/mol. The first-order chi connectivity index (χ1) is 6.68. The van der Waals surface area contributed by atoms with Crippen LogP contribution in [0.5, 0.6) is 0 Å². The van der Waals surface area contributed by atoms with E-state index in [0.717, 1.165) is 11.6 Å². The van der Waals surface area contributed by atoms with Crippen LogP contribution in [0.2, 0.25) is 0 Å². The molecule has 2 unspecified atom stereocenters. The number of aryl methyl sites for hydroxylation is 1. The Morgan fingerprint density at radius 2 is 2.29 bits per heavy atom. The SMILES string of the molecule is Cc1cc(C(N)C(C)C2CCC2)sn1. The van der Waals surface area contributed by atoms with Gasteiger partial charge in [-0.2, -0.15) is 4.37 Å². The standard InChI is InChI=1S/C11H18N2S/c1-7-6-10(14-13-7)11(12)8(2)9-4-3-5-9/h6,8-9,11H,3-5,12H2,1-2H3. The summed E-state index contributed by atoms with van der Waals surface area (Å²) in [6, 6.07) is 2.33. The van der Waals surface area contributed by atoms with Crippen LogP contribution < -0.4 is 5.73 Å². The lowest BCUT2D eigenvalue weighted by Gasteiger charge is -2.34. The van der Waals surface area contributed by atoms with E-state index in [0.29, 0.717) is 5.92 Å². The summed E-state index contributed by atoms with van der Waals surface area (Å²) in [5, 5.41) is 0. The molecule has 1 aromatic heterocycles. The number of rotatable bonds is 3. The van der Waals surface area contributed by atoms with Gasteiger partial charge in [0.1, 0.15) is 0 Å². The van der Waals surface area contributed by atoms with Crippen LogP contribution in [0.4, 0.5) is 0 Å². The zero-order valence-electron chi connectivity index (χ0n) is 8.86. The van der Waals surface area contributed by atoms with Gasteiger partial charge in [0.25, 0.3) is 0 Å². The average molecular weight is 210 g/mol. The lowest BCUT2D eigenvalue weighted by atomic mass is 9.73. The van der Waals surface area contributed by atoms with Crippen molar-refractivity contribution >= 4 is 11.5 Å². The van der Waals surface area contributed by atoms with Gasteiger partial charge in [-0.15, -0.1) is 0 Å². The fourth-order valence-electron chi connectivity index (χ4n) is 2.06. The Hall–Kier alpha value is -0.410. The molecule has 0 aliphatic heterocycles. The molecule has 0 spiro atoms. The molecule has 1 aliphatic carbocycles. The summed E-state index contributed by atoms with van der Waals surface area (Å²) in [4.78, 5) is 1.25. The van der Waals surface area contributed by atoms with Crippen molar-refractivity contribution in [2.45, 2.75) is 39.2 Å². The summed E-state index contributed by atoms with van der Waals surface area (Å²) in [6.45, 7) is 4.31. The topological polar surface area (TPSA) is 38.9 Å². The highest BCUT2D eigenvalue weighted by Gasteiger charge is 2.29. The third kappa shape index (κ3) is 1.84. The third-order valence-electron chi connectivity index (χ3n) is 3.43. The average Bonchev–Trinajstić information content (AvgIpc) is 2.47. The largest absolute Gasteiger partial charge is 0.323 e. The van der Waals surface area contributed by atoms with Crippen LogP contribution in [0.25, 0.3) is 0 Å². The van der Waals surface area contributed by atoms with E-state index in [4.69, 9.17) is 5.73 Å². The Morgan fingerprint density at radius 1 is 1.57 bits per heavy atom. The van der Waals surface area contributed by atoms with E-state index in [1.807, 2.05) is 6.92 Å². The molecule has 0 radical (unpaired) electrons. The molecule has 1 saturated carbocycles. The molecule has 2 N–H and O–H groups in total. The van der Waals surface area contributed by atoms with Gasteiger partial charge in [0.05, 0.1) is 5.69 Å². The van der Waals surface area contributed by atoms with Gasteiger partial charge < -0.3 is 5.73 Å². The Kier molecular flexibility index (Phi) is 2.88. The van der Waals surface area contributed by atoms with Gasteiger partial charge in [0.15, 0.2) is 0 Å². The fraction of sp³-hybridized carbons (Fsp3) is 0.727. The van der Waals surface area contributed by atoms with E-state index < -0.39 is 0 Å². The molecule has 2 nitrogen and oxygen atoms in total. The van der Waals surface area contributed by atoms with E-state index in [1.165, 1.54) is 24.1 Å². The fourth-order valence-corrected chi connectivity index (χ4v) is 2.92. The molecule has 14 heavy (non-hydrogen) atoms. The van der Waals surface area contributed by atoms with Crippen molar-refractivity contribution in [3.8, 4) is 0 Å². The van der Waals surface area contributed by atoms with Crippen molar-refractivity contribution in [3.63, 3.8) is 0 Å². The number of hydrogen-bond donors (Lipinski definition) is 1. The molecule has 3 heteroatoms. The van der Waals surface area contributed by atoms with Gasteiger partial charge in [-0.05, 0) is 36.4 Å². The highest BCUT2D eigenvalue weighted by Crippen LogP contribution is 2.39. The van der Waals surface area contributed by atoms with Gasteiger partial charge in [-0.25, -0.2) is 0 Å². The predicted molar refractivity (Wildman–Crippen MR) is 60.3 cm³/mol. The van der Waals surface area contributed by atoms with Gasteiger partial charge >= 0.3 is 0 Å². The summed E-state index contributed by atoms with van der Waals surface area (Å²) >= 11 is 1.56. The molecule has 1 aromatic rings. The third-order valence-corrected chi connectivity index (χ3v) is 4.41. The van der Waals surface area contributed by atoms with E-state index in [-0.39, 0.29) is 6.04 Å². The van der Waals surface area contributed by atoms with Crippen LogP contribution in [-0.2, 0) is 0 Å². The van der Waals surface area contributed by atoms with Crippen LogP contribution in [-0.4, -0.2) is 4.37 Å². The first-order valence-electron chi connectivity index (χ1n) is 5.37. The second-order valence-electron chi connectivity index (χ2n) is 4.45. The second-order valence-corrected chi connectivity index (χ2v) is 5.28. The Bertz CT molecular complexity index is 304. The molecule has 1 aliphatic rings. The van der Waals surface area contributed by atoms with Crippen molar-refractivity contribution in [2.24, 2.45) is 17.6 Å². The number of nitrogens with two attached hydrogens (primary N) is 1. The van der Waals surface area contributed by atoms with Crippen LogP contribution >= 0.6 is 11.5 Å². The van der Waals surface area contributed by atoms with Crippen LogP contribution in [0.1, 0.15) is 42.8 Å². The summed E-state index contributed by atoms with van der Waals surface area (Å²) in [5.74, 6) is 1.47. The minimum atomic E-state index is 0.200. The molecule has 0 aromatic carbocycles. The zero-order chi connectivity index (χ0) is 10.1. The van der Waals surface area contributed by atoms with E-state index in [1.54, 1.807) is 11.5 Å². The Morgan fingerprint density at radius 3 is 2.71 bits per heavy atom. The predicted octanol–water partition coefficient (Wildman–Crippen LogP) is 2.89. The van der Waals surface area contributed by atoms with Crippen molar-refractivity contribution in [1.29, 1.82) is 0 Å². The molecule has 0 amide bonds. The first-order valence-corrected chi connectivity index (χ1v) is 6.14. The molecule has 2 atom stereocenters. The maximum absolute atomic E-state index is 6.23. The molecule has 0 bridgehead atoms. The van der Waals surface area contributed by atoms with Crippen molar-refractivity contribution in [2.75, 3.05) is 0 Å². The molecular formula is C11H18N2S. The van der Waals surface area contributed by atoms with Crippen LogP contribution in [0.15, 0.2) is 6.07 Å². The molecule has 2 rings (SSSR count). The summed E-state index contributed by atoms with van der Waals surface area (Å²) < 4.78 is 4.28.